The highest BCUT2D eigenvalue weighted by Crippen LogP contribution is 2.36. The standard InChI is InChI=1S/C22H23N3O2S/c1-15-6-5-7-17(14-15)22(26)25-12-10-16(11-13-25)20-23-24-21(28-20)18-8-3-4-9-19(18)27-2/h3-9,14,16H,10-13H2,1-2H3. The van der Waals surface area contributed by atoms with Crippen molar-refractivity contribution in [3.05, 3.63) is 64.7 Å². The average molecular weight is 394 g/mol. The summed E-state index contributed by atoms with van der Waals surface area (Å²) in [7, 11) is 1.67. The number of aryl methyl sites for hydroxylation is 1. The second-order valence-electron chi connectivity index (χ2n) is 7.08. The molecule has 0 radical (unpaired) electrons. The number of carbonyl (C=O) groups excluding carboxylic acids is 1. The first-order valence-corrected chi connectivity index (χ1v) is 10.3. The summed E-state index contributed by atoms with van der Waals surface area (Å²) >= 11 is 1.62. The number of hydrogen-bond acceptors (Lipinski definition) is 5. The molecule has 0 unspecified atom stereocenters. The minimum absolute atomic E-state index is 0.120. The monoisotopic (exact) mass is 393 g/mol. The van der Waals surface area contributed by atoms with Gasteiger partial charge in [0.15, 0.2) is 5.01 Å². The van der Waals surface area contributed by atoms with E-state index < -0.39 is 0 Å². The van der Waals surface area contributed by atoms with Crippen molar-refractivity contribution < 1.29 is 9.53 Å². The normalized spacial score (nSPS) is 14.9. The average Bonchev–Trinajstić information content (AvgIpc) is 3.23. The van der Waals surface area contributed by atoms with Gasteiger partial charge in [-0.2, -0.15) is 0 Å². The quantitative estimate of drug-likeness (QED) is 0.653. The molecule has 1 amide bonds. The van der Waals surface area contributed by atoms with Gasteiger partial charge in [-0.25, -0.2) is 0 Å². The Morgan fingerprint density at radius 1 is 1.11 bits per heavy atom. The molecule has 144 valence electrons. The van der Waals surface area contributed by atoms with Crippen LogP contribution in [0.25, 0.3) is 10.6 Å². The van der Waals surface area contributed by atoms with Crippen LogP contribution in [0.5, 0.6) is 5.75 Å². The second kappa shape index (κ2) is 8.10. The third-order valence-electron chi connectivity index (χ3n) is 5.17. The van der Waals surface area contributed by atoms with Gasteiger partial charge in [0.2, 0.25) is 0 Å². The number of nitrogens with zero attached hydrogens (tertiary/aromatic N) is 3. The maximum atomic E-state index is 12.7. The smallest absolute Gasteiger partial charge is 0.253 e. The van der Waals surface area contributed by atoms with Crippen LogP contribution in [-0.4, -0.2) is 41.2 Å². The Morgan fingerprint density at radius 2 is 1.89 bits per heavy atom. The maximum Gasteiger partial charge on any atom is 0.253 e. The van der Waals surface area contributed by atoms with E-state index in [9.17, 15) is 4.79 Å². The van der Waals surface area contributed by atoms with Gasteiger partial charge in [0.1, 0.15) is 10.8 Å². The molecular formula is C22H23N3O2S. The van der Waals surface area contributed by atoms with Crippen molar-refractivity contribution in [1.82, 2.24) is 15.1 Å². The summed E-state index contributed by atoms with van der Waals surface area (Å²) in [5.74, 6) is 1.28. The van der Waals surface area contributed by atoms with E-state index in [1.807, 2.05) is 60.4 Å². The number of carbonyl (C=O) groups is 1. The van der Waals surface area contributed by atoms with Gasteiger partial charge in [-0.15, -0.1) is 10.2 Å². The summed E-state index contributed by atoms with van der Waals surface area (Å²) in [6.07, 6.45) is 1.83. The van der Waals surface area contributed by atoms with Crippen LogP contribution in [0.4, 0.5) is 0 Å². The lowest BCUT2D eigenvalue weighted by Crippen LogP contribution is -2.37. The van der Waals surface area contributed by atoms with Gasteiger partial charge < -0.3 is 9.64 Å². The Morgan fingerprint density at radius 3 is 2.64 bits per heavy atom. The van der Waals surface area contributed by atoms with Crippen LogP contribution >= 0.6 is 11.3 Å². The Kier molecular flexibility index (Phi) is 5.39. The zero-order valence-corrected chi connectivity index (χ0v) is 16.9. The van der Waals surface area contributed by atoms with Crippen molar-refractivity contribution in [2.45, 2.75) is 25.7 Å². The van der Waals surface area contributed by atoms with Crippen molar-refractivity contribution in [3.63, 3.8) is 0 Å². The molecule has 1 aliphatic rings. The molecule has 4 rings (SSSR count). The van der Waals surface area contributed by atoms with Gasteiger partial charge in [0, 0.05) is 24.6 Å². The molecule has 1 saturated heterocycles. The molecule has 1 fully saturated rings. The van der Waals surface area contributed by atoms with E-state index in [4.69, 9.17) is 4.74 Å². The number of para-hydroxylation sites is 1. The molecule has 0 saturated carbocycles. The number of benzene rings is 2. The number of amides is 1. The molecule has 0 aliphatic carbocycles. The summed E-state index contributed by atoms with van der Waals surface area (Å²) in [4.78, 5) is 14.7. The zero-order valence-electron chi connectivity index (χ0n) is 16.1. The van der Waals surface area contributed by atoms with Gasteiger partial charge in [-0.1, -0.05) is 41.2 Å². The Bertz CT molecular complexity index is 977. The number of rotatable bonds is 4. The first-order valence-electron chi connectivity index (χ1n) is 9.48. The molecular weight excluding hydrogens is 370 g/mol. The van der Waals surface area contributed by atoms with Crippen LogP contribution in [-0.2, 0) is 0 Å². The van der Waals surface area contributed by atoms with E-state index in [1.165, 1.54) is 0 Å². The molecule has 1 aliphatic heterocycles. The lowest BCUT2D eigenvalue weighted by Gasteiger charge is -2.31. The van der Waals surface area contributed by atoms with E-state index in [0.717, 1.165) is 58.4 Å². The van der Waals surface area contributed by atoms with Crippen LogP contribution in [0.2, 0.25) is 0 Å². The van der Waals surface area contributed by atoms with E-state index in [-0.39, 0.29) is 5.91 Å². The van der Waals surface area contributed by atoms with Crippen LogP contribution in [0.3, 0.4) is 0 Å². The Balaban J connectivity index is 1.43. The number of likely N-dealkylation sites (tertiary alicyclic amines) is 1. The predicted molar refractivity (Wildman–Crippen MR) is 111 cm³/mol. The molecule has 0 bridgehead atoms. The number of aromatic nitrogens is 2. The van der Waals surface area contributed by atoms with Gasteiger partial charge in [-0.3, -0.25) is 4.79 Å². The van der Waals surface area contributed by atoms with Crippen molar-refractivity contribution >= 4 is 17.2 Å². The number of piperidine rings is 1. The molecule has 2 heterocycles. The molecule has 0 N–H and O–H groups in total. The number of methoxy groups -OCH3 is 1. The molecule has 6 heteroatoms. The molecule has 0 atom stereocenters. The van der Waals surface area contributed by atoms with Crippen molar-refractivity contribution in [2.24, 2.45) is 0 Å². The summed E-state index contributed by atoms with van der Waals surface area (Å²) in [5.41, 5.74) is 2.85. The topological polar surface area (TPSA) is 55.3 Å². The predicted octanol–water partition coefficient (Wildman–Crippen LogP) is 4.54. The zero-order chi connectivity index (χ0) is 19.5. The van der Waals surface area contributed by atoms with Gasteiger partial charge in [0.05, 0.1) is 12.7 Å². The summed E-state index contributed by atoms with van der Waals surface area (Å²) in [5, 5.41) is 10.8. The highest BCUT2D eigenvalue weighted by atomic mass is 32.1. The van der Waals surface area contributed by atoms with Crippen molar-refractivity contribution in [3.8, 4) is 16.3 Å². The third kappa shape index (κ3) is 3.78. The number of ether oxygens (including phenoxy) is 1. The Labute approximate surface area is 169 Å². The highest BCUT2D eigenvalue weighted by Gasteiger charge is 2.27. The molecule has 3 aromatic rings. The molecule has 1 aromatic heterocycles. The Hall–Kier alpha value is -2.73. The SMILES string of the molecule is COc1ccccc1-c1nnc(C2CCN(C(=O)c3cccc(C)c3)CC2)s1. The summed E-state index contributed by atoms with van der Waals surface area (Å²) in [6, 6.07) is 15.7. The van der Waals surface area contributed by atoms with Gasteiger partial charge in [-0.05, 0) is 44.0 Å². The van der Waals surface area contributed by atoms with Crippen molar-refractivity contribution in [1.29, 1.82) is 0 Å². The largest absolute Gasteiger partial charge is 0.496 e. The minimum atomic E-state index is 0.120. The maximum absolute atomic E-state index is 12.7. The fraction of sp³-hybridized carbons (Fsp3) is 0.318. The first-order chi connectivity index (χ1) is 13.7. The number of hydrogen-bond donors (Lipinski definition) is 0. The van der Waals surface area contributed by atoms with E-state index >= 15 is 0 Å². The van der Waals surface area contributed by atoms with Crippen molar-refractivity contribution in [2.75, 3.05) is 20.2 Å². The van der Waals surface area contributed by atoms with Gasteiger partial charge >= 0.3 is 0 Å². The lowest BCUT2D eigenvalue weighted by molar-refractivity contribution is 0.0712. The fourth-order valence-electron chi connectivity index (χ4n) is 3.62. The summed E-state index contributed by atoms with van der Waals surface area (Å²) < 4.78 is 5.44. The first kappa shape index (κ1) is 18.6. The van der Waals surface area contributed by atoms with Gasteiger partial charge in [0.25, 0.3) is 5.91 Å². The fourth-order valence-corrected chi connectivity index (χ4v) is 4.66. The van der Waals surface area contributed by atoms with E-state index in [2.05, 4.69) is 10.2 Å². The van der Waals surface area contributed by atoms with Crippen LogP contribution in [0.15, 0.2) is 48.5 Å². The molecule has 28 heavy (non-hydrogen) atoms. The third-order valence-corrected chi connectivity index (χ3v) is 6.29. The lowest BCUT2D eigenvalue weighted by atomic mass is 9.97. The van der Waals surface area contributed by atoms with Crippen LogP contribution in [0.1, 0.15) is 39.7 Å². The van der Waals surface area contributed by atoms with E-state index in [0.29, 0.717) is 5.92 Å². The molecule has 0 spiro atoms. The van der Waals surface area contributed by atoms with Crippen LogP contribution < -0.4 is 4.74 Å². The highest BCUT2D eigenvalue weighted by molar-refractivity contribution is 7.14. The summed E-state index contributed by atoms with van der Waals surface area (Å²) in [6.45, 7) is 3.51. The van der Waals surface area contributed by atoms with Crippen LogP contribution in [0, 0.1) is 6.92 Å². The second-order valence-corrected chi connectivity index (χ2v) is 8.09. The minimum Gasteiger partial charge on any atom is -0.496 e. The van der Waals surface area contributed by atoms with E-state index in [1.54, 1.807) is 18.4 Å². The molecule has 2 aromatic carbocycles. The molecule has 5 nitrogen and oxygen atoms in total.